The Balaban J connectivity index is 1.60. The van der Waals surface area contributed by atoms with Crippen LogP contribution in [0.1, 0.15) is 25.7 Å². The third-order valence-electron chi connectivity index (χ3n) is 2.82. The van der Waals surface area contributed by atoms with E-state index >= 15 is 0 Å². The summed E-state index contributed by atoms with van der Waals surface area (Å²) in [5.74, 6) is 2.66. The minimum Gasteiger partial charge on any atom is -0.377 e. The Morgan fingerprint density at radius 1 is 1.31 bits per heavy atom. The maximum absolute atomic E-state index is 5.57. The third-order valence-corrected chi connectivity index (χ3v) is 4.03. The summed E-state index contributed by atoms with van der Waals surface area (Å²) >= 11 is 2.08. The molecule has 0 aromatic heterocycles. The van der Waals surface area contributed by atoms with Crippen molar-refractivity contribution in [1.29, 1.82) is 0 Å². The van der Waals surface area contributed by atoms with E-state index in [2.05, 4.69) is 17.1 Å². The second-order valence-corrected chi connectivity index (χ2v) is 5.11. The minimum atomic E-state index is 0.506. The lowest BCUT2D eigenvalue weighted by atomic mass is 10.1. The summed E-state index contributed by atoms with van der Waals surface area (Å²) in [7, 11) is 0. The van der Waals surface area contributed by atoms with E-state index < -0.39 is 0 Å². The van der Waals surface area contributed by atoms with Crippen molar-refractivity contribution in [3.63, 3.8) is 0 Å². The summed E-state index contributed by atoms with van der Waals surface area (Å²) in [6.07, 6.45) is 5.76. The summed E-state index contributed by atoms with van der Waals surface area (Å²) in [6.45, 7) is 2.05. The Morgan fingerprint density at radius 2 is 2.31 bits per heavy atom. The van der Waals surface area contributed by atoms with Crippen LogP contribution >= 0.6 is 11.8 Å². The normalized spacial score (nSPS) is 35.1. The van der Waals surface area contributed by atoms with Crippen LogP contribution in [0.4, 0.5) is 0 Å². The van der Waals surface area contributed by atoms with Crippen LogP contribution in [0.5, 0.6) is 0 Å². The van der Waals surface area contributed by atoms with Crippen LogP contribution in [0.15, 0.2) is 0 Å². The summed E-state index contributed by atoms with van der Waals surface area (Å²) in [4.78, 5) is 0. The lowest BCUT2D eigenvalue weighted by molar-refractivity contribution is 0.107. The van der Waals surface area contributed by atoms with Crippen molar-refractivity contribution in [2.45, 2.75) is 37.8 Å². The molecule has 13 heavy (non-hydrogen) atoms. The molecule has 0 radical (unpaired) electrons. The molecule has 2 saturated heterocycles. The van der Waals surface area contributed by atoms with Gasteiger partial charge in [0.1, 0.15) is 0 Å². The van der Waals surface area contributed by atoms with E-state index in [1.165, 1.54) is 37.2 Å². The molecule has 0 amide bonds. The average molecular weight is 201 g/mol. The molecule has 0 bridgehead atoms. The zero-order valence-corrected chi connectivity index (χ0v) is 8.94. The molecule has 2 fully saturated rings. The van der Waals surface area contributed by atoms with E-state index in [1.54, 1.807) is 0 Å². The first kappa shape index (κ1) is 9.81. The van der Waals surface area contributed by atoms with Gasteiger partial charge in [-0.2, -0.15) is 11.8 Å². The molecule has 2 atom stereocenters. The van der Waals surface area contributed by atoms with Gasteiger partial charge in [-0.15, -0.1) is 0 Å². The maximum atomic E-state index is 5.57. The van der Waals surface area contributed by atoms with Gasteiger partial charge in [0, 0.05) is 24.9 Å². The van der Waals surface area contributed by atoms with E-state index in [0.717, 1.165) is 19.2 Å². The van der Waals surface area contributed by atoms with Gasteiger partial charge in [-0.25, -0.2) is 0 Å². The Kier molecular flexibility index (Phi) is 3.94. The van der Waals surface area contributed by atoms with E-state index in [9.17, 15) is 0 Å². The molecule has 0 saturated carbocycles. The fraction of sp³-hybridized carbons (Fsp3) is 1.00. The highest BCUT2D eigenvalue weighted by Gasteiger charge is 2.18. The van der Waals surface area contributed by atoms with Crippen LogP contribution in [0.3, 0.4) is 0 Å². The zero-order valence-electron chi connectivity index (χ0n) is 8.13. The Hall–Kier alpha value is 0.270. The molecule has 3 heteroatoms. The van der Waals surface area contributed by atoms with Gasteiger partial charge in [-0.05, 0) is 31.4 Å². The van der Waals surface area contributed by atoms with Crippen molar-refractivity contribution in [2.75, 3.05) is 24.7 Å². The zero-order chi connectivity index (χ0) is 8.93. The Labute approximate surface area is 84.8 Å². The van der Waals surface area contributed by atoms with Crippen LogP contribution in [0.25, 0.3) is 0 Å². The molecule has 1 N–H and O–H groups in total. The summed E-state index contributed by atoms with van der Waals surface area (Å²) in [5, 5.41) is 3.62. The van der Waals surface area contributed by atoms with E-state index in [4.69, 9.17) is 4.74 Å². The van der Waals surface area contributed by atoms with Crippen LogP contribution < -0.4 is 5.32 Å². The fourth-order valence-electron chi connectivity index (χ4n) is 2.01. The van der Waals surface area contributed by atoms with Gasteiger partial charge in [0.2, 0.25) is 0 Å². The van der Waals surface area contributed by atoms with Crippen molar-refractivity contribution in [1.82, 2.24) is 5.32 Å². The number of rotatable bonds is 3. The molecule has 0 aromatic carbocycles. The average Bonchev–Trinajstić information content (AvgIpc) is 2.69. The number of hydrogen-bond acceptors (Lipinski definition) is 3. The molecular formula is C10H19NOS. The van der Waals surface area contributed by atoms with E-state index in [1.807, 2.05) is 0 Å². The molecule has 76 valence electrons. The van der Waals surface area contributed by atoms with Crippen molar-refractivity contribution in [2.24, 2.45) is 0 Å². The highest BCUT2D eigenvalue weighted by Crippen LogP contribution is 2.17. The third kappa shape index (κ3) is 3.15. The standard InChI is InChI=1S/C10H19NOS/c1-4-10(12-5-1)7-11-9-3-2-6-13-8-9/h9-11H,1-8H2/t9-,10-/m0/s1. The first-order chi connectivity index (χ1) is 6.45. The van der Waals surface area contributed by atoms with Gasteiger partial charge >= 0.3 is 0 Å². The number of nitrogens with one attached hydrogen (secondary N) is 1. The second-order valence-electron chi connectivity index (χ2n) is 3.96. The van der Waals surface area contributed by atoms with Crippen LogP contribution in [0, 0.1) is 0 Å². The predicted octanol–water partition coefficient (Wildman–Crippen LogP) is 1.65. The van der Waals surface area contributed by atoms with Crippen LogP contribution in [-0.2, 0) is 4.74 Å². The topological polar surface area (TPSA) is 21.3 Å². The van der Waals surface area contributed by atoms with Crippen LogP contribution in [-0.4, -0.2) is 36.8 Å². The van der Waals surface area contributed by atoms with Gasteiger partial charge in [0.25, 0.3) is 0 Å². The smallest absolute Gasteiger partial charge is 0.0700 e. The first-order valence-electron chi connectivity index (χ1n) is 5.38. The molecule has 2 rings (SSSR count). The molecular weight excluding hydrogens is 182 g/mol. The van der Waals surface area contributed by atoms with Crippen molar-refractivity contribution in [3.8, 4) is 0 Å². The quantitative estimate of drug-likeness (QED) is 0.750. The van der Waals surface area contributed by atoms with Gasteiger partial charge in [-0.3, -0.25) is 0 Å². The van der Waals surface area contributed by atoms with Crippen molar-refractivity contribution >= 4 is 11.8 Å². The van der Waals surface area contributed by atoms with Gasteiger partial charge in [0.05, 0.1) is 6.10 Å². The van der Waals surface area contributed by atoms with Gasteiger partial charge < -0.3 is 10.1 Å². The molecule has 2 nitrogen and oxygen atoms in total. The predicted molar refractivity (Wildman–Crippen MR) is 57.3 cm³/mol. The SMILES string of the molecule is C1CSC[C@@H](NC[C@@H]2CCCO2)C1. The largest absolute Gasteiger partial charge is 0.377 e. The summed E-state index contributed by atoms with van der Waals surface area (Å²) < 4.78 is 5.57. The molecule has 0 aromatic rings. The molecule has 0 unspecified atom stereocenters. The number of ether oxygens (including phenoxy) is 1. The van der Waals surface area contributed by atoms with E-state index in [0.29, 0.717) is 6.10 Å². The fourth-order valence-corrected chi connectivity index (χ4v) is 3.11. The second kappa shape index (κ2) is 5.23. The van der Waals surface area contributed by atoms with Crippen molar-refractivity contribution < 1.29 is 4.74 Å². The molecule has 2 aliphatic rings. The Morgan fingerprint density at radius 3 is 3.00 bits per heavy atom. The molecule has 2 aliphatic heterocycles. The lowest BCUT2D eigenvalue weighted by Crippen LogP contribution is -2.38. The lowest BCUT2D eigenvalue weighted by Gasteiger charge is -2.23. The maximum Gasteiger partial charge on any atom is 0.0700 e. The highest BCUT2D eigenvalue weighted by molar-refractivity contribution is 7.99. The summed E-state index contributed by atoms with van der Waals surface area (Å²) in [6, 6.07) is 0.753. The van der Waals surface area contributed by atoms with Crippen LogP contribution in [0.2, 0.25) is 0 Å². The Bertz CT molecular complexity index is 142. The summed E-state index contributed by atoms with van der Waals surface area (Å²) in [5.41, 5.74) is 0. The van der Waals surface area contributed by atoms with E-state index in [-0.39, 0.29) is 0 Å². The minimum absolute atomic E-state index is 0.506. The van der Waals surface area contributed by atoms with Gasteiger partial charge in [0.15, 0.2) is 0 Å². The number of thioether (sulfide) groups is 1. The van der Waals surface area contributed by atoms with Crippen molar-refractivity contribution in [3.05, 3.63) is 0 Å². The highest BCUT2D eigenvalue weighted by atomic mass is 32.2. The van der Waals surface area contributed by atoms with Gasteiger partial charge in [-0.1, -0.05) is 0 Å². The number of hydrogen-bond donors (Lipinski definition) is 1. The molecule has 0 spiro atoms. The first-order valence-corrected chi connectivity index (χ1v) is 6.53. The molecule has 0 aliphatic carbocycles. The monoisotopic (exact) mass is 201 g/mol. The molecule has 2 heterocycles.